The van der Waals surface area contributed by atoms with Crippen LogP contribution in [-0.4, -0.2) is 60.1 Å². The van der Waals surface area contributed by atoms with E-state index in [0.29, 0.717) is 6.04 Å². The average Bonchev–Trinajstić information content (AvgIpc) is 3.01. The summed E-state index contributed by atoms with van der Waals surface area (Å²) in [4.78, 5) is 14.0. The Bertz CT molecular complexity index is 780. The molecule has 0 amide bonds. The summed E-state index contributed by atoms with van der Waals surface area (Å²) in [7, 11) is 0.615. The number of hydrogen-bond acceptors (Lipinski definition) is 5. The first-order chi connectivity index (χ1) is 10.9. The number of aromatic nitrogens is 3. The molecule has 8 heteroatoms. The first kappa shape index (κ1) is 16.2. The number of rotatable bonds is 4. The Labute approximate surface area is 136 Å². The van der Waals surface area contributed by atoms with Crippen molar-refractivity contribution >= 4 is 26.9 Å². The van der Waals surface area contributed by atoms with Gasteiger partial charge < -0.3 is 9.88 Å². The summed E-state index contributed by atoms with van der Waals surface area (Å²) in [5, 5.41) is 1.02. The van der Waals surface area contributed by atoms with Crippen molar-refractivity contribution in [1.29, 1.82) is 0 Å². The molecule has 1 aliphatic rings. The van der Waals surface area contributed by atoms with Crippen molar-refractivity contribution in [1.82, 2.24) is 19.3 Å². The SMILES string of the molecule is CN(c1ncnc2[nH]ccc12)C1CCC(N(C)S(C)(=O)=O)CC1. The van der Waals surface area contributed by atoms with Gasteiger partial charge in [0.05, 0.1) is 11.6 Å². The summed E-state index contributed by atoms with van der Waals surface area (Å²) in [5.41, 5.74) is 0.840. The normalized spacial score (nSPS) is 22.6. The van der Waals surface area contributed by atoms with Crippen LogP contribution in [0.2, 0.25) is 0 Å². The molecule has 0 radical (unpaired) electrons. The number of hydrogen-bond donors (Lipinski definition) is 1. The molecule has 2 aromatic heterocycles. The summed E-state index contributed by atoms with van der Waals surface area (Å²) >= 11 is 0. The molecule has 3 rings (SSSR count). The second kappa shape index (κ2) is 6.09. The van der Waals surface area contributed by atoms with Crippen molar-refractivity contribution in [2.45, 2.75) is 37.8 Å². The highest BCUT2D eigenvalue weighted by Gasteiger charge is 2.30. The smallest absolute Gasteiger partial charge is 0.211 e. The Morgan fingerprint density at radius 3 is 2.43 bits per heavy atom. The van der Waals surface area contributed by atoms with E-state index in [1.165, 1.54) is 10.6 Å². The van der Waals surface area contributed by atoms with E-state index in [0.717, 1.165) is 42.5 Å². The van der Waals surface area contributed by atoms with E-state index in [2.05, 4.69) is 26.9 Å². The minimum Gasteiger partial charge on any atom is -0.356 e. The van der Waals surface area contributed by atoms with Crippen LogP contribution in [-0.2, 0) is 10.0 Å². The Balaban J connectivity index is 1.71. The molecule has 1 saturated carbocycles. The fourth-order valence-electron chi connectivity index (χ4n) is 3.39. The summed E-state index contributed by atoms with van der Waals surface area (Å²) < 4.78 is 24.9. The molecular weight excluding hydrogens is 314 g/mol. The first-order valence-electron chi connectivity index (χ1n) is 7.82. The van der Waals surface area contributed by atoms with Crippen LogP contribution in [0.15, 0.2) is 18.6 Å². The standard InChI is InChI=1S/C15H23N5O2S/c1-19(15-13-8-9-16-14(13)17-10-18-15)11-4-6-12(7-5-11)20(2)23(3,21)22/h8-12H,4-7H2,1-3H3,(H,16,17,18). The topological polar surface area (TPSA) is 82.2 Å². The van der Waals surface area contributed by atoms with Gasteiger partial charge in [-0.05, 0) is 31.7 Å². The molecule has 23 heavy (non-hydrogen) atoms. The number of nitrogens with zero attached hydrogens (tertiary/aromatic N) is 4. The van der Waals surface area contributed by atoms with Crippen molar-refractivity contribution in [3.8, 4) is 0 Å². The summed E-state index contributed by atoms with van der Waals surface area (Å²) in [6.45, 7) is 0. The zero-order valence-electron chi connectivity index (χ0n) is 13.7. The molecule has 7 nitrogen and oxygen atoms in total. The minimum atomic E-state index is -3.12. The Morgan fingerprint density at radius 2 is 1.78 bits per heavy atom. The lowest BCUT2D eigenvalue weighted by atomic mass is 9.90. The van der Waals surface area contributed by atoms with Gasteiger partial charge >= 0.3 is 0 Å². The molecule has 0 bridgehead atoms. The maximum atomic E-state index is 11.7. The van der Waals surface area contributed by atoms with E-state index in [9.17, 15) is 8.42 Å². The van der Waals surface area contributed by atoms with E-state index < -0.39 is 10.0 Å². The Hall–Kier alpha value is -1.67. The fraction of sp³-hybridized carbons (Fsp3) is 0.600. The van der Waals surface area contributed by atoms with Crippen molar-refractivity contribution in [2.24, 2.45) is 0 Å². The molecular formula is C15H23N5O2S. The van der Waals surface area contributed by atoms with Crippen LogP contribution in [0.3, 0.4) is 0 Å². The summed E-state index contributed by atoms with van der Waals surface area (Å²) in [6, 6.07) is 2.46. The van der Waals surface area contributed by atoms with Crippen molar-refractivity contribution < 1.29 is 8.42 Å². The molecule has 1 aliphatic carbocycles. The average molecular weight is 337 g/mol. The van der Waals surface area contributed by atoms with Gasteiger partial charge in [-0.1, -0.05) is 0 Å². The van der Waals surface area contributed by atoms with Crippen LogP contribution in [0.1, 0.15) is 25.7 Å². The molecule has 1 fully saturated rings. The van der Waals surface area contributed by atoms with E-state index in [1.54, 1.807) is 13.4 Å². The maximum absolute atomic E-state index is 11.7. The van der Waals surface area contributed by atoms with E-state index in [1.807, 2.05) is 12.3 Å². The quantitative estimate of drug-likeness (QED) is 0.916. The van der Waals surface area contributed by atoms with Crippen LogP contribution in [0.5, 0.6) is 0 Å². The van der Waals surface area contributed by atoms with Crippen LogP contribution < -0.4 is 4.90 Å². The van der Waals surface area contributed by atoms with Gasteiger partial charge in [-0.25, -0.2) is 22.7 Å². The van der Waals surface area contributed by atoms with Gasteiger partial charge in [-0.2, -0.15) is 0 Å². The summed E-state index contributed by atoms with van der Waals surface area (Å²) in [5.74, 6) is 0.927. The molecule has 2 aromatic rings. The molecule has 0 atom stereocenters. The third-order valence-corrected chi connectivity index (χ3v) is 6.26. The lowest BCUT2D eigenvalue weighted by molar-refractivity contribution is 0.266. The van der Waals surface area contributed by atoms with Gasteiger partial charge in [0.15, 0.2) is 0 Å². The zero-order chi connectivity index (χ0) is 16.6. The largest absolute Gasteiger partial charge is 0.356 e. The molecule has 1 N–H and O–H groups in total. The molecule has 0 aromatic carbocycles. The predicted octanol–water partition coefficient (Wildman–Crippen LogP) is 1.60. The van der Waals surface area contributed by atoms with Crippen LogP contribution in [0.4, 0.5) is 5.82 Å². The van der Waals surface area contributed by atoms with Crippen molar-refractivity contribution in [3.63, 3.8) is 0 Å². The predicted molar refractivity (Wildman–Crippen MR) is 90.9 cm³/mol. The maximum Gasteiger partial charge on any atom is 0.211 e. The molecule has 126 valence electrons. The highest BCUT2D eigenvalue weighted by atomic mass is 32.2. The number of aromatic amines is 1. The number of nitrogens with one attached hydrogen (secondary N) is 1. The van der Waals surface area contributed by atoms with Gasteiger partial charge in [0.1, 0.15) is 17.8 Å². The third kappa shape index (κ3) is 3.18. The van der Waals surface area contributed by atoms with Crippen LogP contribution in [0, 0.1) is 0 Å². The summed E-state index contributed by atoms with van der Waals surface area (Å²) in [6.07, 6.45) is 8.38. The van der Waals surface area contributed by atoms with Crippen LogP contribution >= 0.6 is 0 Å². The zero-order valence-corrected chi connectivity index (χ0v) is 14.5. The fourth-order valence-corrected chi connectivity index (χ4v) is 4.15. The number of fused-ring (bicyclic) bond motifs is 1. The van der Waals surface area contributed by atoms with Crippen molar-refractivity contribution in [3.05, 3.63) is 18.6 Å². The first-order valence-corrected chi connectivity index (χ1v) is 9.66. The second-order valence-corrected chi connectivity index (χ2v) is 8.33. The highest BCUT2D eigenvalue weighted by Crippen LogP contribution is 2.30. The number of sulfonamides is 1. The van der Waals surface area contributed by atoms with Gasteiger partial charge in [0, 0.05) is 32.4 Å². The van der Waals surface area contributed by atoms with E-state index in [4.69, 9.17) is 0 Å². The molecule has 0 unspecified atom stereocenters. The highest BCUT2D eigenvalue weighted by molar-refractivity contribution is 7.88. The Morgan fingerprint density at radius 1 is 1.13 bits per heavy atom. The van der Waals surface area contributed by atoms with E-state index >= 15 is 0 Å². The van der Waals surface area contributed by atoms with Crippen LogP contribution in [0.25, 0.3) is 11.0 Å². The molecule has 2 heterocycles. The molecule has 0 aliphatic heterocycles. The molecule has 0 saturated heterocycles. The Kier molecular flexibility index (Phi) is 4.29. The lowest BCUT2D eigenvalue weighted by Gasteiger charge is -2.37. The minimum absolute atomic E-state index is 0.104. The van der Waals surface area contributed by atoms with Crippen molar-refractivity contribution in [2.75, 3.05) is 25.3 Å². The van der Waals surface area contributed by atoms with Gasteiger partial charge in [0.2, 0.25) is 10.0 Å². The number of H-pyrrole nitrogens is 1. The van der Waals surface area contributed by atoms with Gasteiger partial charge in [-0.3, -0.25) is 0 Å². The monoisotopic (exact) mass is 337 g/mol. The second-order valence-electron chi connectivity index (χ2n) is 6.29. The lowest BCUT2D eigenvalue weighted by Crippen LogP contribution is -2.43. The number of anilines is 1. The van der Waals surface area contributed by atoms with Gasteiger partial charge in [-0.15, -0.1) is 0 Å². The third-order valence-electron chi connectivity index (χ3n) is 4.92. The van der Waals surface area contributed by atoms with Gasteiger partial charge in [0.25, 0.3) is 0 Å². The molecule has 0 spiro atoms. The van der Waals surface area contributed by atoms with E-state index in [-0.39, 0.29) is 6.04 Å².